The molecule has 3 N–H and O–H groups in total. The third-order valence-electron chi connectivity index (χ3n) is 4.14. The lowest BCUT2D eigenvalue weighted by atomic mass is 9.82. The monoisotopic (exact) mass is 290 g/mol. The third-order valence-corrected chi connectivity index (χ3v) is 4.14. The summed E-state index contributed by atoms with van der Waals surface area (Å²) in [6.45, 7) is 2.52. The highest BCUT2D eigenvalue weighted by molar-refractivity contribution is 5.83. The molecule has 1 aliphatic rings. The van der Waals surface area contributed by atoms with Crippen LogP contribution in [0, 0.1) is 5.41 Å². The van der Waals surface area contributed by atoms with E-state index in [-0.39, 0.29) is 12.5 Å². The molecule has 1 fully saturated rings. The first-order chi connectivity index (χ1) is 9.92. The first kappa shape index (κ1) is 15.5. The Bertz CT molecular complexity index is 518. The van der Waals surface area contributed by atoms with Crippen LogP contribution in [0.1, 0.15) is 25.3 Å². The first-order valence-electron chi connectivity index (χ1n) is 7.24. The van der Waals surface area contributed by atoms with Crippen LogP contribution in [0.5, 0.6) is 0 Å². The summed E-state index contributed by atoms with van der Waals surface area (Å²) in [5.74, 6) is -1.01. The number of rotatable bonds is 4. The molecule has 114 valence electrons. The number of carboxylic acids is 1. The minimum atomic E-state index is -0.861. The zero-order chi connectivity index (χ0) is 15.5. The van der Waals surface area contributed by atoms with Gasteiger partial charge in [-0.05, 0) is 31.7 Å². The lowest BCUT2D eigenvalue weighted by molar-refractivity contribution is -0.153. The number of piperidine rings is 1. The molecular formula is C16H22N2O3. The number of nitrogens with zero attached hydrogens (tertiary/aromatic N) is 1. The normalized spacial score (nSPS) is 23.6. The Morgan fingerprint density at radius 1 is 1.38 bits per heavy atom. The molecule has 0 aromatic heterocycles. The Kier molecular flexibility index (Phi) is 4.63. The number of benzene rings is 1. The molecule has 21 heavy (non-hydrogen) atoms. The molecule has 2 atom stereocenters. The molecule has 1 aromatic carbocycles. The van der Waals surface area contributed by atoms with E-state index in [9.17, 15) is 14.7 Å². The summed E-state index contributed by atoms with van der Waals surface area (Å²) in [5, 5.41) is 9.30. The smallest absolute Gasteiger partial charge is 0.311 e. The lowest BCUT2D eigenvalue weighted by Gasteiger charge is -2.38. The molecule has 1 heterocycles. The van der Waals surface area contributed by atoms with E-state index in [1.165, 1.54) is 0 Å². The van der Waals surface area contributed by atoms with Crippen molar-refractivity contribution in [3.05, 3.63) is 35.9 Å². The minimum absolute atomic E-state index is 0.161. The van der Waals surface area contributed by atoms with Gasteiger partial charge in [0.15, 0.2) is 0 Å². The molecule has 0 radical (unpaired) electrons. The second-order valence-corrected chi connectivity index (χ2v) is 6.03. The van der Waals surface area contributed by atoms with E-state index in [1.807, 2.05) is 30.3 Å². The van der Waals surface area contributed by atoms with Crippen LogP contribution < -0.4 is 5.73 Å². The van der Waals surface area contributed by atoms with Gasteiger partial charge in [-0.2, -0.15) is 0 Å². The van der Waals surface area contributed by atoms with Crippen molar-refractivity contribution in [2.45, 2.75) is 32.2 Å². The number of carboxylic acid groups (broad SMARTS) is 1. The van der Waals surface area contributed by atoms with E-state index in [1.54, 1.807) is 11.8 Å². The van der Waals surface area contributed by atoms with E-state index in [4.69, 9.17) is 5.73 Å². The molecule has 5 nitrogen and oxygen atoms in total. The molecule has 1 aliphatic heterocycles. The van der Waals surface area contributed by atoms with Gasteiger partial charge in [0.1, 0.15) is 0 Å². The average molecular weight is 290 g/mol. The van der Waals surface area contributed by atoms with E-state index in [2.05, 4.69) is 0 Å². The molecule has 5 heteroatoms. The van der Waals surface area contributed by atoms with E-state index >= 15 is 0 Å². The van der Waals surface area contributed by atoms with Crippen molar-refractivity contribution in [2.75, 3.05) is 13.1 Å². The summed E-state index contributed by atoms with van der Waals surface area (Å²) >= 11 is 0. The predicted octanol–water partition coefficient (Wildman–Crippen LogP) is 1.27. The Hall–Kier alpha value is -1.88. The van der Waals surface area contributed by atoms with Crippen molar-refractivity contribution in [3.8, 4) is 0 Å². The topological polar surface area (TPSA) is 83.6 Å². The summed E-state index contributed by atoms with van der Waals surface area (Å²) in [7, 11) is 0. The second-order valence-electron chi connectivity index (χ2n) is 6.03. The predicted molar refractivity (Wildman–Crippen MR) is 79.7 cm³/mol. The van der Waals surface area contributed by atoms with E-state index in [0.29, 0.717) is 25.8 Å². The molecule has 1 aromatic rings. The fourth-order valence-electron chi connectivity index (χ4n) is 2.79. The van der Waals surface area contributed by atoms with Crippen molar-refractivity contribution in [3.63, 3.8) is 0 Å². The van der Waals surface area contributed by atoms with Gasteiger partial charge in [0.05, 0.1) is 11.5 Å². The number of carbonyl (C=O) groups excluding carboxylic acids is 1. The van der Waals surface area contributed by atoms with Crippen LogP contribution in [0.25, 0.3) is 0 Å². The van der Waals surface area contributed by atoms with Crippen LogP contribution >= 0.6 is 0 Å². The fraction of sp³-hybridized carbons (Fsp3) is 0.500. The molecule has 1 amide bonds. The van der Waals surface area contributed by atoms with Crippen LogP contribution in [-0.4, -0.2) is 41.0 Å². The Morgan fingerprint density at radius 2 is 2.05 bits per heavy atom. The number of nitrogens with two attached hydrogens (primary N) is 1. The fourth-order valence-corrected chi connectivity index (χ4v) is 2.79. The van der Waals surface area contributed by atoms with Crippen LogP contribution in [0.4, 0.5) is 0 Å². The Labute approximate surface area is 124 Å². The maximum atomic E-state index is 12.4. The van der Waals surface area contributed by atoms with Crippen LogP contribution in [0.2, 0.25) is 0 Å². The maximum Gasteiger partial charge on any atom is 0.311 e. The van der Waals surface area contributed by atoms with Gasteiger partial charge in [0, 0.05) is 13.1 Å². The summed E-state index contributed by atoms with van der Waals surface area (Å²) in [6, 6.07) is 8.99. The average Bonchev–Trinajstić information content (AvgIpc) is 2.47. The lowest BCUT2D eigenvalue weighted by Crippen LogP contribution is -2.53. The number of amides is 1. The van der Waals surface area contributed by atoms with E-state index in [0.717, 1.165) is 5.56 Å². The van der Waals surface area contributed by atoms with Crippen molar-refractivity contribution in [1.29, 1.82) is 0 Å². The van der Waals surface area contributed by atoms with Crippen molar-refractivity contribution < 1.29 is 14.7 Å². The molecule has 0 spiro atoms. The molecule has 1 unspecified atom stereocenters. The molecular weight excluding hydrogens is 268 g/mol. The molecule has 0 bridgehead atoms. The number of aliphatic carboxylic acids is 1. The van der Waals surface area contributed by atoms with Gasteiger partial charge < -0.3 is 15.7 Å². The second kappa shape index (κ2) is 6.26. The summed E-state index contributed by atoms with van der Waals surface area (Å²) in [5.41, 5.74) is 6.16. The van der Waals surface area contributed by atoms with Gasteiger partial charge in [-0.25, -0.2) is 0 Å². The van der Waals surface area contributed by atoms with Gasteiger partial charge in [-0.1, -0.05) is 30.3 Å². The van der Waals surface area contributed by atoms with Gasteiger partial charge in [-0.3, -0.25) is 9.59 Å². The van der Waals surface area contributed by atoms with Gasteiger partial charge in [0.2, 0.25) is 5.91 Å². The number of hydrogen-bond acceptors (Lipinski definition) is 3. The maximum absolute atomic E-state index is 12.4. The number of carbonyl (C=O) groups is 2. The van der Waals surface area contributed by atoms with Crippen LogP contribution in [0.15, 0.2) is 30.3 Å². The molecule has 1 saturated heterocycles. The Morgan fingerprint density at radius 3 is 2.67 bits per heavy atom. The standard InChI is InChI=1S/C16H22N2O3/c1-16(15(20)21)8-5-9-18(11-16)14(19)13(17)10-12-6-3-2-4-7-12/h2-4,6-7,13H,5,8-11,17H2,1H3,(H,20,21)/t13-,16?/m0/s1. The summed E-state index contributed by atoms with van der Waals surface area (Å²) < 4.78 is 0. The van der Waals surface area contributed by atoms with Crippen molar-refractivity contribution in [2.24, 2.45) is 11.1 Å². The third kappa shape index (κ3) is 3.61. The highest BCUT2D eigenvalue weighted by Gasteiger charge is 2.40. The first-order valence-corrected chi connectivity index (χ1v) is 7.24. The minimum Gasteiger partial charge on any atom is -0.481 e. The largest absolute Gasteiger partial charge is 0.481 e. The highest BCUT2D eigenvalue weighted by atomic mass is 16.4. The van der Waals surface area contributed by atoms with Crippen LogP contribution in [0.3, 0.4) is 0 Å². The zero-order valence-electron chi connectivity index (χ0n) is 12.3. The van der Waals surface area contributed by atoms with Gasteiger partial charge in [0.25, 0.3) is 0 Å². The molecule has 0 aliphatic carbocycles. The SMILES string of the molecule is CC1(C(=O)O)CCCN(C(=O)[C@@H](N)Cc2ccccc2)C1. The number of hydrogen-bond donors (Lipinski definition) is 2. The molecule has 2 rings (SSSR count). The van der Waals surface area contributed by atoms with Gasteiger partial charge in [-0.15, -0.1) is 0 Å². The number of likely N-dealkylation sites (tertiary alicyclic amines) is 1. The highest BCUT2D eigenvalue weighted by Crippen LogP contribution is 2.30. The zero-order valence-corrected chi connectivity index (χ0v) is 12.3. The van der Waals surface area contributed by atoms with Crippen LogP contribution in [-0.2, 0) is 16.0 Å². The Balaban J connectivity index is 2.00. The quantitative estimate of drug-likeness (QED) is 0.874. The summed E-state index contributed by atoms with van der Waals surface area (Å²) in [4.78, 5) is 25.4. The van der Waals surface area contributed by atoms with E-state index < -0.39 is 17.4 Å². The van der Waals surface area contributed by atoms with Crippen molar-refractivity contribution in [1.82, 2.24) is 4.90 Å². The van der Waals surface area contributed by atoms with Crippen molar-refractivity contribution >= 4 is 11.9 Å². The van der Waals surface area contributed by atoms with Gasteiger partial charge >= 0.3 is 5.97 Å². The molecule has 0 saturated carbocycles. The summed E-state index contributed by atoms with van der Waals surface area (Å²) in [6.07, 6.45) is 1.77.